The molecule has 58 valence electrons. The lowest BCUT2D eigenvalue weighted by molar-refractivity contribution is -0.105. The van der Waals surface area contributed by atoms with Crippen LogP contribution < -0.4 is 5.32 Å². The van der Waals surface area contributed by atoms with Crippen LogP contribution in [-0.4, -0.2) is 6.41 Å². The molecule has 1 rings (SSSR count). The molecule has 0 aliphatic rings. The first-order valence-corrected chi connectivity index (χ1v) is 3.66. The molecule has 0 fully saturated rings. The fourth-order valence-electron chi connectivity index (χ4n) is 1.03. The highest BCUT2D eigenvalue weighted by Gasteiger charge is 1.95. The van der Waals surface area contributed by atoms with E-state index in [1.54, 1.807) is 0 Å². The second-order valence-corrected chi connectivity index (χ2v) is 2.27. The highest BCUT2D eigenvalue weighted by Crippen LogP contribution is 2.13. The molecule has 0 aliphatic heterocycles. The summed E-state index contributed by atoms with van der Waals surface area (Å²) in [6.07, 6.45) is 1.64. The number of para-hydroxylation sites is 1. The molecule has 2 nitrogen and oxygen atoms in total. The zero-order valence-corrected chi connectivity index (χ0v) is 6.50. The van der Waals surface area contributed by atoms with Gasteiger partial charge in [0, 0.05) is 5.69 Å². The van der Waals surface area contributed by atoms with Gasteiger partial charge >= 0.3 is 0 Å². The van der Waals surface area contributed by atoms with Gasteiger partial charge in [0.2, 0.25) is 6.41 Å². The lowest BCUT2D eigenvalue weighted by Crippen LogP contribution is -1.97. The molecule has 1 amide bonds. The van der Waals surface area contributed by atoms with Crippen LogP contribution in [0.4, 0.5) is 5.69 Å². The Hall–Kier alpha value is -1.31. The number of carbonyl (C=O) groups is 1. The maximum absolute atomic E-state index is 10.1. The van der Waals surface area contributed by atoms with Crippen molar-refractivity contribution in [1.29, 1.82) is 0 Å². The van der Waals surface area contributed by atoms with Gasteiger partial charge in [0.15, 0.2) is 0 Å². The van der Waals surface area contributed by atoms with Crippen molar-refractivity contribution >= 4 is 12.1 Å². The Morgan fingerprint density at radius 3 is 2.82 bits per heavy atom. The number of aryl methyl sites for hydroxylation is 1. The maximum atomic E-state index is 10.1. The minimum absolute atomic E-state index is 0.703. The lowest BCUT2D eigenvalue weighted by Gasteiger charge is -2.03. The van der Waals surface area contributed by atoms with Crippen molar-refractivity contribution < 1.29 is 4.79 Å². The molecule has 0 radical (unpaired) electrons. The molecule has 0 aliphatic carbocycles. The van der Waals surface area contributed by atoms with Crippen LogP contribution in [0.2, 0.25) is 0 Å². The molecular weight excluding hydrogens is 138 g/mol. The van der Waals surface area contributed by atoms with Gasteiger partial charge in [-0.3, -0.25) is 4.79 Å². The number of hydrogen-bond donors (Lipinski definition) is 1. The van der Waals surface area contributed by atoms with Crippen LogP contribution in [0.1, 0.15) is 12.5 Å². The minimum Gasteiger partial charge on any atom is -0.328 e. The summed E-state index contributed by atoms with van der Waals surface area (Å²) in [6, 6.07) is 7.78. The molecule has 0 bridgehead atoms. The molecule has 0 saturated heterocycles. The fourth-order valence-corrected chi connectivity index (χ4v) is 1.03. The summed E-state index contributed by atoms with van der Waals surface area (Å²) in [5, 5.41) is 2.65. The van der Waals surface area contributed by atoms with Crippen LogP contribution in [0.25, 0.3) is 0 Å². The van der Waals surface area contributed by atoms with Gasteiger partial charge in [0.1, 0.15) is 0 Å². The Morgan fingerprint density at radius 2 is 2.18 bits per heavy atom. The number of carbonyl (C=O) groups excluding carboxylic acids is 1. The average molecular weight is 149 g/mol. The SMILES string of the molecule is CCc1ccccc1NC=O. The lowest BCUT2D eigenvalue weighted by atomic mass is 10.1. The fraction of sp³-hybridized carbons (Fsp3) is 0.222. The topological polar surface area (TPSA) is 29.1 Å². The molecule has 0 unspecified atom stereocenters. The maximum Gasteiger partial charge on any atom is 0.211 e. The first-order valence-electron chi connectivity index (χ1n) is 3.66. The van der Waals surface area contributed by atoms with Gasteiger partial charge in [-0.05, 0) is 18.1 Å². The number of nitrogens with one attached hydrogen (secondary N) is 1. The summed E-state index contributed by atoms with van der Waals surface area (Å²) in [5.41, 5.74) is 2.07. The summed E-state index contributed by atoms with van der Waals surface area (Å²) in [5.74, 6) is 0. The third-order valence-corrected chi connectivity index (χ3v) is 1.61. The van der Waals surface area contributed by atoms with Gasteiger partial charge in [-0.15, -0.1) is 0 Å². The summed E-state index contributed by atoms with van der Waals surface area (Å²) in [7, 11) is 0. The number of rotatable bonds is 3. The second kappa shape index (κ2) is 3.76. The van der Waals surface area contributed by atoms with Crippen molar-refractivity contribution in [2.45, 2.75) is 13.3 Å². The van der Waals surface area contributed by atoms with Gasteiger partial charge in [-0.2, -0.15) is 0 Å². The summed E-state index contributed by atoms with van der Waals surface area (Å²) in [4.78, 5) is 10.1. The highest BCUT2D eigenvalue weighted by atomic mass is 16.1. The largest absolute Gasteiger partial charge is 0.328 e. The molecule has 1 N–H and O–H groups in total. The second-order valence-electron chi connectivity index (χ2n) is 2.27. The molecule has 1 aromatic carbocycles. The quantitative estimate of drug-likeness (QED) is 0.652. The van der Waals surface area contributed by atoms with E-state index in [4.69, 9.17) is 0 Å². The van der Waals surface area contributed by atoms with E-state index in [1.165, 1.54) is 5.56 Å². The number of anilines is 1. The first kappa shape index (κ1) is 7.79. The Kier molecular flexibility index (Phi) is 2.66. The molecule has 0 saturated carbocycles. The molecule has 2 heteroatoms. The minimum atomic E-state index is 0.703. The van der Waals surface area contributed by atoms with Crippen LogP contribution in [0.3, 0.4) is 0 Å². The van der Waals surface area contributed by atoms with Crippen molar-refractivity contribution in [3.05, 3.63) is 29.8 Å². The van der Waals surface area contributed by atoms with Crippen LogP contribution in [0.5, 0.6) is 0 Å². The first-order chi connectivity index (χ1) is 5.38. The van der Waals surface area contributed by atoms with Gasteiger partial charge < -0.3 is 5.32 Å². The zero-order valence-electron chi connectivity index (χ0n) is 6.50. The van der Waals surface area contributed by atoms with Gasteiger partial charge in [0.05, 0.1) is 0 Å². The van der Waals surface area contributed by atoms with E-state index in [9.17, 15) is 4.79 Å². The third kappa shape index (κ3) is 1.80. The molecule has 11 heavy (non-hydrogen) atoms. The summed E-state index contributed by atoms with van der Waals surface area (Å²) in [6.45, 7) is 2.06. The Labute approximate surface area is 66.2 Å². The van der Waals surface area contributed by atoms with E-state index in [0.717, 1.165) is 12.1 Å². The highest BCUT2D eigenvalue weighted by molar-refractivity contribution is 5.73. The normalized spacial score (nSPS) is 9.18. The number of benzene rings is 1. The smallest absolute Gasteiger partial charge is 0.211 e. The Morgan fingerprint density at radius 1 is 1.45 bits per heavy atom. The van der Waals surface area contributed by atoms with Gasteiger partial charge in [-0.1, -0.05) is 25.1 Å². The van der Waals surface area contributed by atoms with E-state index < -0.39 is 0 Å². The van der Waals surface area contributed by atoms with Crippen molar-refractivity contribution in [2.24, 2.45) is 0 Å². The van der Waals surface area contributed by atoms with Crippen LogP contribution in [-0.2, 0) is 11.2 Å². The van der Waals surface area contributed by atoms with Crippen LogP contribution in [0.15, 0.2) is 24.3 Å². The van der Waals surface area contributed by atoms with E-state index in [0.29, 0.717) is 6.41 Å². The van der Waals surface area contributed by atoms with Crippen molar-refractivity contribution in [1.82, 2.24) is 0 Å². The van der Waals surface area contributed by atoms with Crippen molar-refractivity contribution in [2.75, 3.05) is 5.32 Å². The number of hydrogen-bond acceptors (Lipinski definition) is 1. The molecule has 0 atom stereocenters. The third-order valence-electron chi connectivity index (χ3n) is 1.61. The average Bonchev–Trinajstić information content (AvgIpc) is 2.06. The van der Waals surface area contributed by atoms with Gasteiger partial charge in [-0.25, -0.2) is 0 Å². The molecular formula is C9H11NO. The van der Waals surface area contributed by atoms with Gasteiger partial charge in [0.25, 0.3) is 0 Å². The standard InChI is InChI=1S/C9H11NO/c1-2-8-5-3-4-6-9(8)10-7-11/h3-7H,2H2,1H3,(H,10,11). The summed E-state index contributed by atoms with van der Waals surface area (Å²) < 4.78 is 0. The van der Waals surface area contributed by atoms with Crippen LogP contribution >= 0.6 is 0 Å². The molecule has 1 aromatic rings. The summed E-state index contributed by atoms with van der Waals surface area (Å²) >= 11 is 0. The molecule has 0 aromatic heterocycles. The predicted molar refractivity (Wildman–Crippen MR) is 45.5 cm³/mol. The Bertz CT molecular complexity index is 245. The van der Waals surface area contributed by atoms with Crippen molar-refractivity contribution in [3.8, 4) is 0 Å². The monoisotopic (exact) mass is 149 g/mol. The number of amides is 1. The van der Waals surface area contributed by atoms with Crippen LogP contribution in [0, 0.1) is 0 Å². The Balaban J connectivity index is 2.92. The van der Waals surface area contributed by atoms with E-state index in [1.807, 2.05) is 24.3 Å². The molecule has 0 heterocycles. The van der Waals surface area contributed by atoms with E-state index in [2.05, 4.69) is 12.2 Å². The van der Waals surface area contributed by atoms with E-state index >= 15 is 0 Å². The van der Waals surface area contributed by atoms with E-state index in [-0.39, 0.29) is 0 Å². The molecule has 0 spiro atoms. The predicted octanol–water partition coefficient (Wildman–Crippen LogP) is 1.82. The zero-order chi connectivity index (χ0) is 8.10. The van der Waals surface area contributed by atoms with Crippen molar-refractivity contribution in [3.63, 3.8) is 0 Å².